The lowest BCUT2D eigenvalue weighted by Gasteiger charge is -2.08. The second-order valence-electron chi connectivity index (χ2n) is 2.68. The second kappa shape index (κ2) is 3.31. The van der Waals surface area contributed by atoms with Crippen molar-refractivity contribution in [1.29, 1.82) is 5.26 Å². The third-order valence-corrected chi connectivity index (χ3v) is 1.76. The number of hydrogen-bond acceptors (Lipinski definition) is 3. The van der Waals surface area contributed by atoms with E-state index in [0.717, 1.165) is 12.1 Å². The minimum absolute atomic E-state index is 0.164. The van der Waals surface area contributed by atoms with E-state index in [1.807, 2.05) is 0 Å². The van der Waals surface area contributed by atoms with Crippen LogP contribution in [0.5, 0.6) is 11.5 Å². The molecule has 0 saturated heterocycles. The van der Waals surface area contributed by atoms with Gasteiger partial charge in [0.25, 0.3) is 0 Å². The Hall–Kier alpha value is -1.76. The number of phenols is 2. The predicted octanol–water partition coefficient (Wildman–Crippen LogP) is 1.86. The van der Waals surface area contributed by atoms with Gasteiger partial charge in [-0.3, -0.25) is 0 Å². The molecule has 0 spiro atoms. The third kappa shape index (κ3) is 1.54. The average molecular weight is 181 g/mol. The molecule has 1 aromatic carbocycles. The first-order chi connectivity index (χ1) is 6.07. The molecule has 1 unspecified atom stereocenters. The Bertz CT molecular complexity index is 371. The first-order valence-electron chi connectivity index (χ1n) is 3.68. The van der Waals surface area contributed by atoms with Gasteiger partial charge in [-0.25, -0.2) is 4.39 Å². The number of aromatic hydroxyl groups is 2. The van der Waals surface area contributed by atoms with Gasteiger partial charge in [0.05, 0.1) is 17.6 Å². The Kier molecular flexibility index (Phi) is 2.38. The summed E-state index contributed by atoms with van der Waals surface area (Å²) in [5.74, 6) is -2.60. The number of benzene rings is 1. The molecular formula is C9H8FNO2. The summed E-state index contributed by atoms with van der Waals surface area (Å²) < 4.78 is 13.1. The van der Waals surface area contributed by atoms with Crippen LogP contribution < -0.4 is 0 Å². The molecule has 0 aromatic heterocycles. The molecule has 13 heavy (non-hydrogen) atoms. The van der Waals surface area contributed by atoms with Gasteiger partial charge in [0.1, 0.15) is 5.75 Å². The van der Waals surface area contributed by atoms with Crippen molar-refractivity contribution in [3.05, 3.63) is 23.5 Å². The quantitative estimate of drug-likeness (QED) is 0.650. The summed E-state index contributed by atoms with van der Waals surface area (Å²) in [5.41, 5.74) is -0.164. The fourth-order valence-electron chi connectivity index (χ4n) is 1.05. The summed E-state index contributed by atoms with van der Waals surface area (Å²) in [7, 11) is 0. The van der Waals surface area contributed by atoms with Gasteiger partial charge in [-0.2, -0.15) is 5.26 Å². The maximum absolute atomic E-state index is 13.1. The van der Waals surface area contributed by atoms with Crippen LogP contribution >= 0.6 is 0 Å². The highest BCUT2D eigenvalue weighted by atomic mass is 19.1. The van der Waals surface area contributed by atoms with E-state index in [1.54, 1.807) is 6.07 Å². The van der Waals surface area contributed by atoms with Crippen molar-refractivity contribution in [3.8, 4) is 17.6 Å². The zero-order valence-electron chi connectivity index (χ0n) is 6.95. The SMILES string of the molecule is CC(C#N)c1c(O)ccc(O)c1F. The van der Waals surface area contributed by atoms with Crippen LogP contribution in [0.3, 0.4) is 0 Å². The predicted molar refractivity (Wildman–Crippen MR) is 43.8 cm³/mol. The number of nitrogens with zero attached hydrogens (tertiary/aromatic N) is 1. The van der Waals surface area contributed by atoms with Gasteiger partial charge in [-0.1, -0.05) is 0 Å². The number of rotatable bonds is 1. The molecule has 0 saturated carbocycles. The van der Waals surface area contributed by atoms with Crippen molar-refractivity contribution in [1.82, 2.24) is 0 Å². The maximum Gasteiger partial charge on any atom is 0.173 e. The van der Waals surface area contributed by atoms with Crippen molar-refractivity contribution in [3.63, 3.8) is 0 Å². The minimum Gasteiger partial charge on any atom is -0.508 e. The highest BCUT2D eigenvalue weighted by Crippen LogP contribution is 2.32. The molecule has 0 aliphatic heterocycles. The van der Waals surface area contributed by atoms with Gasteiger partial charge in [-0.05, 0) is 19.1 Å². The number of phenolic OH excluding ortho intramolecular Hbond substituents is 2. The zero-order valence-corrected chi connectivity index (χ0v) is 6.95. The van der Waals surface area contributed by atoms with E-state index in [9.17, 15) is 9.50 Å². The standard InChI is InChI=1S/C9H8FNO2/c1-5(4-11)8-6(12)2-3-7(13)9(8)10/h2-3,5,12-13H,1H3. The van der Waals surface area contributed by atoms with Crippen LogP contribution in [0.2, 0.25) is 0 Å². The van der Waals surface area contributed by atoms with Crippen molar-refractivity contribution in [2.75, 3.05) is 0 Å². The fraction of sp³-hybridized carbons (Fsp3) is 0.222. The van der Waals surface area contributed by atoms with Crippen molar-refractivity contribution >= 4 is 0 Å². The van der Waals surface area contributed by atoms with Crippen LogP contribution in [0.25, 0.3) is 0 Å². The largest absolute Gasteiger partial charge is 0.508 e. The first kappa shape index (κ1) is 9.33. The van der Waals surface area contributed by atoms with Crippen molar-refractivity contribution < 1.29 is 14.6 Å². The molecule has 3 nitrogen and oxygen atoms in total. The molecule has 0 aliphatic carbocycles. The van der Waals surface area contributed by atoms with Gasteiger partial charge >= 0.3 is 0 Å². The molecule has 4 heteroatoms. The summed E-state index contributed by atoms with van der Waals surface area (Å²) in [6.07, 6.45) is 0. The van der Waals surface area contributed by atoms with E-state index in [0.29, 0.717) is 0 Å². The molecular weight excluding hydrogens is 173 g/mol. The van der Waals surface area contributed by atoms with Crippen molar-refractivity contribution in [2.24, 2.45) is 0 Å². The first-order valence-corrected chi connectivity index (χ1v) is 3.68. The fourth-order valence-corrected chi connectivity index (χ4v) is 1.05. The van der Waals surface area contributed by atoms with Gasteiger partial charge in [0, 0.05) is 0 Å². The Morgan fingerprint density at radius 1 is 1.38 bits per heavy atom. The Balaban J connectivity index is 3.35. The summed E-state index contributed by atoms with van der Waals surface area (Å²) >= 11 is 0. The molecule has 0 radical (unpaired) electrons. The van der Waals surface area contributed by atoms with Crippen LogP contribution in [-0.4, -0.2) is 10.2 Å². The summed E-state index contributed by atoms with van der Waals surface area (Å²) in [6.45, 7) is 1.44. The van der Waals surface area contributed by atoms with Gasteiger partial charge in [0.15, 0.2) is 11.6 Å². The molecule has 1 aromatic rings. The Labute approximate surface area is 74.7 Å². The highest BCUT2D eigenvalue weighted by Gasteiger charge is 2.17. The molecule has 0 bridgehead atoms. The maximum atomic E-state index is 13.1. The highest BCUT2D eigenvalue weighted by molar-refractivity contribution is 5.44. The number of nitriles is 1. The summed E-state index contributed by atoms with van der Waals surface area (Å²) in [4.78, 5) is 0. The molecule has 1 atom stereocenters. The van der Waals surface area contributed by atoms with Gasteiger partial charge < -0.3 is 10.2 Å². The van der Waals surface area contributed by atoms with E-state index < -0.39 is 17.5 Å². The van der Waals surface area contributed by atoms with E-state index in [-0.39, 0.29) is 11.3 Å². The number of halogens is 1. The number of hydrogen-bond donors (Lipinski definition) is 2. The second-order valence-corrected chi connectivity index (χ2v) is 2.68. The smallest absolute Gasteiger partial charge is 0.173 e. The molecule has 0 amide bonds. The normalized spacial score (nSPS) is 12.1. The summed E-state index contributed by atoms with van der Waals surface area (Å²) in [5, 5.41) is 26.7. The lowest BCUT2D eigenvalue weighted by atomic mass is 10.0. The van der Waals surface area contributed by atoms with Crippen LogP contribution in [0.15, 0.2) is 12.1 Å². The van der Waals surface area contributed by atoms with Crippen LogP contribution in [0, 0.1) is 17.1 Å². The van der Waals surface area contributed by atoms with Crippen molar-refractivity contribution in [2.45, 2.75) is 12.8 Å². The Morgan fingerprint density at radius 3 is 2.46 bits per heavy atom. The van der Waals surface area contributed by atoms with Crippen LogP contribution in [0.1, 0.15) is 18.4 Å². The zero-order chi connectivity index (χ0) is 10.0. The average Bonchev–Trinajstić information content (AvgIpc) is 2.12. The van der Waals surface area contributed by atoms with Crippen LogP contribution in [0.4, 0.5) is 4.39 Å². The minimum atomic E-state index is -0.936. The third-order valence-electron chi connectivity index (χ3n) is 1.76. The Morgan fingerprint density at radius 2 is 1.92 bits per heavy atom. The lowest BCUT2D eigenvalue weighted by molar-refractivity contribution is 0.412. The molecule has 0 heterocycles. The summed E-state index contributed by atoms with van der Waals surface area (Å²) in [6, 6.07) is 3.97. The molecule has 2 N–H and O–H groups in total. The van der Waals surface area contributed by atoms with E-state index in [4.69, 9.17) is 10.4 Å². The monoisotopic (exact) mass is 181 g/mol. The molecule has 0 fully saturated rings. The molecule has 68 valence electrons. The molecule has 1 rings (SSSR count). The van der Waals surface area contributed by atoms with E-state index in [1.165, 1.54) is 6.92 Å². The van der Waals surface area contributed by atoms with E-state index in [2.05, 4.69) is 0 Å². The van der Waals surface area contributed by atoms with Gasteiger partial charge in [-0.15, -0.1) is 0 Å². The van der Waals surface area contributed by atoms with E-state index >= 15 is 0 Å². The molecule has 0 aliphatic rings. The van der Waals surface area contributed by atoms with Gasteiger partial charge in [0.2, 0.25) is 0 Å². The van der Waals surface area contributed by atoms with Crippen LogP contribution in [-0.2, 0) is 0 Å². The lowest BCUT2D eigenvalue weighted by Crippen LogP contribution is -1.95. The topological polar surface area (TPSA) is 64.2 Å².